The minimum Gasteiger partial charge on any atom is -0.190 e. The van der Waals surface area contributed by atoms with Crippen LogP contribution in [0.2, 0.25) is 0 Å². The molecule has 0 spiro atoms. The summed E-state index contributed by atoms with van der Waals surface area (Å²) in [5.41, 5.74) is 10.4. The van der Waals surface area contributed by atoms with E-state index in [4.69, 9.17) is 5.53 Å². The molecular formula is C15H11N7. The van der Waals surface area contributed by atoms with Gasteiger partial charge in [-0.25, -0.2) is 0 Å². The van der Waals surface area contributed by atoms with Gasteiger partial charge in [0.1, 0.15) is 0 Å². The number of rotatable bonds is 4. The first-order valence-corrected chi connectivity index (χ1v) is 6.54. The molecule has 1 aromatic heterocycles. The molecule has 7 heteroatoms. The highest BCUT2D eigenvalue weighted by Crippen LogP contribution is 2.21. The average Bonchev–Trinajstić information content (AvgIpc) is 2.98. The molecule has 0 aliphatic carbocycles. The summed E-state index contributed by atoms with van der Waals surface area (Å²) >= 11 is 0. The van der Waals surface area contributed by atoms with Crippen molar-refractivity contribution in [3.8, 4) is 11.4 Å². The molecule has 0 aliphatic rings. The van der Waals surface area contributed by atoms with Gasteiger partial charge in [-0.2, -0.15) is 9.78 Å². The Morgan fingerprint density at radius 1 is 0.955 bits per heavy atom. The molecule has 0 bridgehead atoms. The van der Waals surface area contributed by atoms with Crippen LogP contribution in [0.5, 0.6) is 0 Å². The van der Waals surface area contributed by atoms with Crippen LogP contribution >= 0.6 is 0 Å². The van der Waals surface area contributed by atoms with Crippen molar-refractivity contribution in [2.75, 3.05) is 0 Å². The first-order chi connectivity index (χ1) is 10.9. The normalized spacial score (nSPS) is 10.5. The van der Waals surface area contributed by atoms with Crippen LogP contribution in [0.1, 0.15) is 5.56 Å². The third-order valence-electron chi connectivity index (χ3n) is 2.91. The van der Waals surface area contributed by atoms with Gasteiger partial charge in [-0.15, -0.1) is 10.2 Å². The zero-order chi connectivity index (χ0) is 15.2. The van der Waals surface area contributed by atoms with E-state index in [0.29, 0.717) is 5.82 Å². The molecule has 3 rings (SSSR count). The fourth-order valence-corrected chi connectivity index (χ4v) is 1.91. The van der Waals surface area contributed by atoms with Crippen LogP contribution in [-0.4, -0.2) is 21.1 Å². The fourth-order valence-electron chi connectivity index (χ4n) is 1.91. The summed E-state index contributed by atoms with van der Waals surface area (Å²) in [5, 5.41) is 15.8. The largest absolute Gasteiger partial charge is 0.241 e. The molecule has 22 heavy (non-hydrogen) atoms. The van der Waals surface area contributed by atoms with E-state index in [9.17, 15) is 0 Å². The minimum absolute atomic E-state index is 0.0912. The Morgan fingerprint density at radius 3 is 2.32 bits per heavy atom. The molecule has 3 aromatic rings. The highest BCUT2D eigenvalue weighted by Gasteiger charge is 2.11. The lowest BCUT2D eigenvalue weighted by Crippen LogP contribution is -1.94. The maximum absolute atomic E-state index is 8.63. The first kappa shape index (κ1) is 13.5. The molecule has 106 valence electrons. The predicted molar refractivity (Wildman–Crippen MR) is 83.7 cm³/mol. The number of azide groups is 1. The smallest absolute Gasteiger partial charge is 0.190 e. The molecule has 1 heterocycles. The average molecular weight is 289 g/mol. The lowest BCUT2D eigenvalue weighted by molar-refractivity contribution is 0.885. The van der Waals surface area contributed by atoms with Gasteiger partial charge in [-0.3, -0.25) is 0 Å². The second kappa shape index (κ2) is 6.34. The lowest BCUT2D eigenvalue weighted by atomic mass is 10.2. The van der Waals surface area contributed by atoms with Crippen molar-refractivity contribution in [3.63, 3.8) is 0 Å². The molecule has 0 unspecified atom stereocenters. The van der Waals surface area contributed by atoms with Crippen LogP contribution in [0.15, 0.2) is 70.9 Å². The SMILES string of the molecule is [N-]=[N+]=Nc1nnc(-c2ccccc2)n1/N=C/c1ccccc1. The second-order valence-electron chi connectivity index (χ2n) is 4.35. The van der Waals surface area contributed by atoms with E-state index in [2.05, 4.69) is 25.3 Å². The molecular weight excluding hydrogens is 278 g/mol. The number of hydrogen-bond acceptors (Lipinski definition) is 4. The second-order valence-corrected chi connectivity index (χ2v) is 4.35. The van der Waals surface area contributed by atoms with Crippen molar-refractivity contribution in [1.29, 1.82) is 0 Å². The summed E-state index contributed by atoms with van der Waals surface area (Å²) < 4.78 is 1.42. The van der Waals surface area contributed by atoms with Crippen molar-refractivity contribution in [2.24, 2.45) is 10.2 Å². The van der Waals surface area contributed by atoms with E-state index in [1.54, 1.807) is 6.21 Å². The Bertz CT molecular complexity index is 831. The molecule has 7 nitrogen and oxygen atoms in total. The third-order valence-corrected chi connectivity index (χ3v) is 2.91. The zero-order valence-corrected chi connectivity index (χ0v) is 11.5. The molecule has 0 atom stereocenters. The van der Waals surface area contributed by atoms with Gasteiger partial charge in [0.05, 0.1) is 6.21 Å². The molecule has 0 N–H and O–H groups in total. The van der Waals surface area contributed by atoms with E-state index < -0.39 is 0 Å². The Hall–Kier alpha value is -3.44. The molecule has 2 aromatic carbocycles. The highest BCUT2D eigenvalue weighted by atomic mass is 15.5. The van der Waals surface area contributed by atoms with Gasteiger partial charge >= 0.3 is 0 Å². The van der Waals surface area contributed by atoms with Crippen LogP contribution in [0.3, 0.4) is 0 Å². The summed E-state index contributed by atoms with van der Waals surface area (Å²) in [6, 6.07) is 19.1. The first-order valence-electron chi connectivity index (χ1n) is 6.54. The van der Waals surface area contributed by atoms with Crippen LogP contribution in [0, 0.1) is 0 Å². The van der Waals surface area contributed by atoms with Crippen LogP contribution in [0.25, 0.3) is 21.8 Å². The van der Waals surface area contributed by atoms with Crippen molar-refractivity contribution in [1.82, 2.24) is 14.9 Å². The minimum atomic E-state index is 0.0912. The van der Waals surface area contributed by atoms with Gasteiger partial charge in [0.2, 0.25) is 5.95 Å². The number of hydrogen-bond donors (Lipinski definition) is 0. The van der Waals surface area contributed by atoms with Gasteiger partial charge < -0.3 is 0 Å². The topological polar surface area (TPSA) is 91.8 Å². The molecule has 0 radical (unpaired) electrons. The van der Waals surface area contributed by atoms with E-state index in [0.717, 1.165) is 11.1 Å². The maximum atomic E-state index is 8.63. The van der Waals surface area contributed by atoms with Crippen LogP contribution in [-0.2, 0) is 0 Å². The zero-order valence-electron chi connectivity index (χ0n) is 11.5. The summed E-state index contributed by atoms with van der Waals surface area (Å²) in [7, 11) is 0. The Labute approximate surface area is 126 Å². The molecule has 0 amide bonds. The predicted octanol–water partition coefficient (Wildman–Crippen LogP) is 3.77. The standard InChI is InChI=1S/C15H11N7/c16-21-20-15-19-18-14(13-9-5-2-6-10-13)22(15)17-11-12-7-3-1-4-8-12/h1-11H/b17-11+. The highest BCUT2D eigenvalue weighted by molar-refractivity contribution is 5.79. The fraction of sp³-hybridized carbons (Fsp3) is 0. The van der Waals surface area contributed by atoms with E-state index in [1.807, 2.05) is 60.7 Å². The van der Waals surface area contributed by atoms with Crippen molar-refractivity contribution >= 4 is 12.2 Å². The van der Waals surface area contributed by atoms with Gasteiger partial charge in [0.25, 0.3) is 0 Å². The van der Waals surface area contributed by atoms with E-state index in [1.165, 1.54) is 4.68 Å². The van der Waals surface area contributed by atoms with Crippen molar-refractivity contribution in [3.05, 3.63) is 76.7 Å². The Morgan fingerprint density at radius 2 is 1.64 bits per heavy atom. The molecule has 0 saturated heterocycles. The molecule has 0 aliphatic heterocycles. The van der Waals surface area contributed by atoms with E-state index in [-0.39, 0.29) is 5.95 Å². The van der Waals surface area contributed by atoms with Gasteiger partial charge in [0, 0.05) is 10.5 Å². The third kappa shape index (κ3) is 2.84. The number of aromatic nitrogens is 3. The summed E-state index contributed by atoms with van der Waals surface area (Å²) in [5.74, 6) is 0.601. The van der Waals surface area contributed by atoms with Gasteiger partial charge in [0.15, 0.2) is 5.82 Å². The number of nitrogens with zero attached hydrogens (tertiary/aromatic N) is 7. The quantitative estimate of drug-likeness (QED) is 0.316. The van der Waals surface area contributed by atoms with Crippen molar-refractivity contribution in [2.45, 2.75) is 0 Å². The van der Waals surface area contributed by atoms with Crippen LogP contribution < -0.4 is 0 Å². The maximum Gasteiger partial charge on any atom is 0.241 e. The molecule has 0 saturated carbocycles. The molecule has 0 fully saturated rings. The summed E-state index contributed by atoms with van der Waals surface area (Å²) in [6.07, 6.45) is 1.66. The van der Waals surface area contributed by atoms with Crippen LogP contribution in [0.4, 0.5) is 5.95 Å². The summed E-state index contributed by atoms with van der Waals surface area (Å²) in [4.78, 5) is 2.76. The lowest BCUT2D eigenvalue weighted by Gasteiger charge is -2.01. The summed E-state index contributed by atoms with van der Waals surface area (Å²) in [6.45, 7) is 0. The number of benzene rings is 2. The van der Waals surface area contributed by atoms with Gasteiger partial charge in [-0.1, -0.05) is 60.7 Å². The monoisotopic (exact) mass is 289 g/mol. The van der Waals surface area contributed by atoms with Crippen molar-refractivity contribution < 1.29 is 0 Å². The van der Waals surface area contributed by atoms with E-state index >= 15 is 0 Å². The Kier molecular flexibility index (Phi) is 3.90. The van der Waals surface area contributed by atoms with Gasteiger partial charge in [-0.05, 0) is 16.2 Å². The Balaban J connectivity index is 2.06.